The number of ether oxygens (including phenoxy) is 1. The predicted molar refractivity (Wildman–Crippen MR) is 91.8 cm³/mol. The zero-order valence-corrected chi connectivity index (χ0v) is 15.1. The third-order valence-electron chi connectivity index (χ3n) is 3.67. The van der Waals surface area contributed by atoms with Crippen molar-refractivity contribution in [3.8, 4) is 5.75 Å². The van der Waals surface area contributed by atoms with Crippen LogP contribution in [-0.2, 0) is 12.1 Å². The van der Waals surface area contributed by atoms with Gasteiger partial charge in [-0.2, -0.15) is 5.10 Å². The molecule has 2 N–H and O–H groups in total. The van der Waals surface area contributed by atoms with Crippen molar-refractivity contribution >= 4 is 6.03 Å². The Morgan fingerprint density at radius 3 is 2.76 bits per heavy atom. The van der Waals surface area contributed by atoms with E-state index in [0.717, 1.165) is 0 Å². The summed E-state index contributed by atoms with van der Waals surface area (Å²) in [7, 11) is 1.46. The normalized spacial score (nSPS) is 12.6. The molecule has 0 saturated heterocycles. The number of carbonyl (C=O) groups excluding carboxylic acids is 1. The van der Waals surface area contributed by atoms with Crippen LogP contribution in [-0.4, -0.2) is 27.9 Å². The van der Waals surface area contributed by atoms with Crippen LogP contribution in [0.2, 0.25) is 0 Å². The van der Waals surface area contributed by atoms with E-state index in [-0.39, 0.29) is 12.1 Å². The molecule has 2 aromatic rings. The molecule has 7 nitrogen and oxygen atoms in total. The maximum Gasteiger partial charge on any atom is 0.315 e. The molecule has 1 atom stereocenters. The molecular weight excluding hydrogens is 325 g/mol. The number of methoxy groups -OCH3 is 1. The van der Waals surface area contributed by atoms with E-state index in [1.165, 1.54) is 19.5 Å². The van der Waals surface area contributed by atoms with Crippen molar-refractivity contribution in [1.29, 1.82) is 0 Å². The molecule has 0 fully saturated rings. The van der Waals surface area contributed by atoms with Crippen LogP contribution in [0, 0.1) is 5.82 Å². The largest absolute Gasteiger partial charge is 0.496 e. The third-order valence-corrected chi connectivity index (χ3v) is 3.67. The molecule has 8 heteroatoms. The van der Waals surface area contributed by atoms with Crippen LogP contribution in [0.15, 0.2) is 24.5 Å². The first-order chi connectivity index (χ1) is 11.7. The van der Waals surface area contributed by atoms with E-state index in [0.29, 0.717) is 17.1 Å². The molecule has 0 aliphatic heterocycles. The summed E-state index contributed by atoms with van der Waals surface area (Å²) in [6.45, 7) is 7.90. The molecule has 1 heterocycles. The van der Waals surface area contributed by atoms with E-state index in [1.54, 1.807) is 23.7 Å². The summed E-state index contributed by atoms with van der Waals surface area (Å²) >= 11 is 0. The molecule has 2 amide bonds. The minimum atomic E-state index is -0.559. The standard InChI is InChI=1S/C17H24FN5O2/c1-11(15-12(18)7-6-8-13(15)25-5)22-16(24)19-9-14-20-10-21-23(14)17(2,3)4/h6-8,10-11H,9H2,1-5H3,(H2,19,22,24)/t11-/m1/s1. The number of nitrogens with zero attached hydrogens (tertiary/aromatic N) is 3. The fraction of sp³-hybridized carbons (Fsp3) is 0.471. The van der Waals surface area contributed by atoms with Crippen LogP contribution in [0.5, 0.6) is 5.75 Å². The first kappa shape index (κ1) is 18.7. The van der Waals surface area contributed by atoms with Gasteiger partial charge in [-0.05, 0) is 39.8 Å². The van der Waals surface area contributed by atoms with Crippen LogP contribution >= 0.6 is 0 Å². The molecule has 136 valence electrons. The van der Waals surface area contributed by atoms with Gasteiger partial charge in [0.25, 0.3) is 0 Å². The van der Waals surface area contributed by atoms with E-state index in [2.05, 4.69) is 20.7 Å². The minimum absolute atomic E-state index is 0.213. The molecule has 1 aromatic heterocycles. The lowest BCUT2D eigenvalue weighted by Crippen LogP contribution is -2.38. The van der Waals surface area contributed by atoms with Gasteiger partial charge in [-0.1, -0.05) is 6.07 Å². The summed E-state index contributed by atoms with van der Waals surface area (Å²) in [4.78, 5) is 16.3. The summed E-state index contributed by atoms with van der Waals surface area (Å²) in [6, 6.07) is 3.56. The average molecular weight is 349 g/mol. The van der Waals surface area contributed by atoms with Crippen LogP contribution < -0.4 is 15.4 Å². The molecule has 0 aliphatic rings. The second-order valence-corrected chi connectivity index (χ2v) is 6.66. The van der Waals surface area contributed by atoms with Crippen molar-refractivity contribution in [3.05, 3.63) is 41.7 Å². The van der Waals surface area contributed by atoms with Crippen molar-refractivity contribution in [1.82, 2.24) is 25.4 Å². The highest BCUT2D eigenvalue weighted by Gasteiger charge is 2.20. The summed E-state index contributed by atoms with van der Waals surface area (Å²) in [5, 5.41) is 9.60. The zero-order chi connectivity index (χ0) is 18.6. The number of hydrogen-bond donors (Lipinski definition) is 2. The topological polar surface area (TPSA) is 81.1 Å². The Bertz CT molecular complexity index is 739. The Labute approximate surface area is 146 Å². The first-order valence-corrected chi connectivity index (χ1v) is 8.00. The molecule has 0 unspecified atom stereocenters. The van der Waals surface area contributed by atoms with E-state index < -0.39 is 17.9 Å². The first-order valence-electron chi connectivity index (χ1n) is 8.00. The Hall–Kier alpha value is -2.64. The van der Waals surface area contributed by atoms with Gasteiger partial charge >= 0.3 is 6.03 Å². The fourth-order valence-electron chi connectivity index (χ4n) is 2.54. The number of hydrogen-bond acceptors (Lipinski definition) is 4. The summed E-state index contributed by atoms with van der Waals surface area (Å²) in [5.41, 5.74) is 0.0654. The van der Waals surface area contributed by atoms with Crippen molar-refractivity contribution in [2.75, 3.05) is 7.11 Å². The van der Waals surface area contributed by atoms with Crippen molar-refractivity contribution in [3.63, 3.8) is 0 Å². The monoisotopic (exact) mass is 349 g/mol. The second kappa shape index (κ2) is 7.50. The van der Waals surface area contributed by atoms with Crippen LogP contribution in [0.1, 0.15) is 45.1 Å². The highest BCUT2D eigenvalue weighted by atomic mass is 19.1. The lowest BCUT2D eigenvalue weighted by Gasteiger charge is -2.22. The summed E-state index contributed by atoms with van der Waals surface area (Å²) < 4.78 is 21.0. The molecule has 1 aromatic carbocycles. The SMILES string of the molecule is COc1cccc(F)c1[C@@H](C)NC(=O)NCc1ncnn1C(C)(C)C. The molecule has 0 bridgehead atoms. The highest BCUT2D eigenvalue weighted by molar-refractivity contribution is 5.74. The average Bonchev–Trinajstić information content (AvgIpc) is 3.01. The van der Waals surface area contributed by atoms with Crippen molar-refractivity contribution < 1.29 is 13.9 Å². The van der Waals surface area contributed by atoms with Gasteiger partial charge < -0.3 is 15.4 Å². The summed E-state index contributed by atoms with van der Waals surface area (Å²) in [5.74, 6) is 0.596. The van der Waals surface area contributed by atoms with Gasteiger partial charge in [0.2, 0.25) is 0 Å². The second-order valence-electron chi connectivity index (χ2n) is 6.66. The number of rotatable bonds is 5. The van der Waals surface area contributed by atoms with Gasteiger partial charge in [0.1, 0.15) is 23.7 Å². The maximum atomic E-state index is 14.1. The number of amides is 2. The van der Waals surface area contributed by atoms with Crippen molar-refractivity contribution in [2.24, 2.45) is 0 Å². The van der Waals surface area contributed by atoms with Crippen LogP contribution in [0.3, 0.4) is 0 Å². The van der Waals surface area contributed by atoms with E-state index in [9.17, 15) is 9.18 Å². The lowest BCUT2D eigenvalue weighted by molar-refractivity contribution is 0.236. The van der Waals surface area contributed by atoms with Gasteiger partial charge in [-0.25, -0.2) is 18.9 Å². The number of halogens is 1. The van der Waals surface area contributed by atoms with Gasteiger partial charge in [-0.3, -0.25) is 0 Å². The number of carbonyl (C=O) groups is 1. The van der Waals surface area contributed by atoms with Gasteiger partial charge in [0.05, 0.1) is 30.8 Å². The molecule has 2 rings (SSSR count). The lowest BCUT2D eigenvalue weighted by atomic mass is 10.1. The quantitative estimate of drug-likeness (QED) is 0.870. The number of nitrogens with one attached hydrogen (secondary N) is 2. The molecule has 0 spiro atoms. The Balaban J connectivity index is 2.01. The Morgan fingerprint density at radius 1 is 1.40 bits per heavy atom. The molecule has 0 saturated carbocycles. The highest BCUT2D eigenvalue weighted by Crippen LogP contribution is 2.27. The van der Waals surface area contributed by atoms with E-state index >= 15 is 0 Å². The Kier molecular flexibility index (Phi) is 5.61. The minimum Gasteiger partial charge on any atom is -0.496 e. The smallest absolute Gasteiger partial charge is 0.315 e. The van der Waals surface area contributed by atoms with Crippen LogP contribution in [0.4, 0.5) is 9.18 Å². The maximum absolute atomic E-state index is 14.1. The number of urea groups is 1. The zero-order valence-electron chi connectivity index (χ0n) is 15.1. The van der Waals surface area contributed by atoms with Crippen LogP contribution in [0.25, 0.3) is 0 Å². The van der Waals surface area contributed by atoms with Gasteiger partial charge in [-0.15, -0.1) is 0 Å². The number of benzene rings is 1. The van der Waals surface area contributed by atoms with Gasteiger partial charge in [0.15, 0.2) is 0 Å². The third kappa shape index (κ3) is 4.46. The van der Waals surface area contributed by atoms with Gasteiger partial charge in [0, 0.05) is 0 Å². The Morgan fingerprint density at radius 2 is 2.12 bits per heavy atom. The van der Waals surface area contributed by atoms with E-state index in [4.69, 9.17) is 4.74 Å². The molecule has 0 radical (unpaired) electrons. The summed E-state index contributed by atoms with van der Waals surface area (Å²) in [6.07, 6.45) is 1.45. The fourth-order valence-corrected chi connectivity index (χ4v) is 2.54. The molecule has 0 aliphatic carbocycles. The predicted octanol–water partition coefficient (Wildman–Crippen LogP) is 2.74. The van der Waals surface area contributed by atoms with Crippen molar-refractivity contribution in [2.45, 2.75) is 45.8 Å². The molecule has 25 heavy (non-hydrogen) atoms. The number of aromatic nitrogens is 3. The molecular formula is C17H24FN5O2. The van der Waals surface area contributed by atoms with E-state index in [1.807, 2.05) is 20.8 Å².